The lowest BCUT2D eigenvalue weighted by Gasteiger charge is -2.30. The van der Waals surface area contributed by atoms with E-state index in [2.05, 4.69) is 10.6 Å². The Morgan fingerprint density at radius 1 is 1.08 bits per heavy atom. The summed E-state index contributed by atoms with van der Waals surface area (Å²) in [4.78, 5) is 23.5. The molecule has 24 heavy (non-hydrogen) atoms. The van der Waals surface area contributed by atoms with E-state index in [4.69, 9.17) is 10.5 Å². The van der Waals surface area contributed by atoms with Crippen molar-refractivity contribution in [1.29, 1.82) is 0 Å². The maximum absolute atomic E-state index is 12.4. The van der Waals surface area contributed by atoms with Gasteiger partial charge < -0.3 is 10.5 Å². The zero-order valence-corrected chi connectivity index (χ0v) is 13.1. The summed E-state index contributed by atoms with van der Waals surface area (Å²) in [5.41, 5.74) is 6.86. The molecule has 6 nitrogen and oxygen atoms in total. The Balaban J connectivity index is 1.87. The van der Waals surface area contributed by atoms with Crippen LogP contribution in [0.1, 0.15) is 29.6 Å². The first kappa shape index (κ1) is 16.0. The summed E-state index contributed by atoms with van der Waals surface area (Å²) in [7, 11) is 0. The lowest BCUT2D eigenvalue weighted by atomic mass is 9.97. The number of nitrogens with two attached hydrogens (primary N) is 1. The molecule has 4 N–H and O–H groups in total. The van der Waals surface area contributed by atoms with E-state index in [9.17, 15) is 9.59 Å². The summed E-state index contributed by atoms with van der Waals surface area (Å²) in [5, 5.41) is 5.49. The van der Waals surface area contributed by atoms with E-state index in [1.165, 1.54) is 0 Å². The minimum atomic E-state index is -0.866. The van der Waals surface area contributed by atoms with Crippen LogP contribution in [-0.4, -0.2) is 18.5 Å². The van der Waals surface area contributed by atoms with E-state index >= 15 is 0 Å². The zero-order chi connectivity index (χ0) is 16.9. The molecular weight excluding hydrogens is 306 g/mol. The van der Waals surface area contributed by atoms with Crippen LogP contribution in [0.2, 0.25) is 0 Å². The molecule has 0 saturated carbocycles. The van der Waals surface area contributed by atoms with Crippen molar-refractivity contribution >= 4 is 11.9 Å². The van der Waals surface area contributed by atoms with Crippen molar-refractivity contribution < 1.29 is 14.3 Å². The molecule has 1 heterocycles. The van der Waals surface area contributed by atoms with Gasteiger partial charge in [-0.15, -0.1) is 0 Å². The van der Waals surface area contributed by atoms with Gasteiger partial charge in [0.25, 0.3) is 0 Å². The van der Waals surface area contributed by atoms with Crippen molar-refractivity contribution in [2.75, 3.05) is 6.61 Å². The Morgan fingerprint density at radius 2 is 1.79 bits per heavy atom. The number of nitrogens with one attached hydrogen (secondary N) is 2. The molecular formula is C18H19N3O3. The van der Waals surface area contributed by atoms with Gasteiger partial charge in [0.05, 0.1) is 6.61 Å². The van der Waals surface area contributed by atoms with Gasteiger partial charge >= 0.3 is 6.03 Å². The number of rotatable bonds is 4. The number of urea groups is 1. The predicted octanol–water partition coefficient (Wildman–Crippen LogP) is 2.04. The smallest absolute Gasteiger partial charge is 0.318 e. The van der Waals surface area contributed by atoms with Gasteiger partial charge in [-0.05, 0) is 11.6 Å². The normalized spacial score (nSPS) is 17.2. The van der Waals surface area contributed by atoms with Gasteiger partial charge in [-0.1, -0.05) is 48.5 Å². The zero-order valence-electron chi connectivity index (χ0n) is 13.1. The highest BCUT2D eigenvalue weighted by molar-refractivity contribution is 5.96. The maximum atomic E-state index is 12.4. The Bertz CT molecular complexity index is 733. The van der Waals surface area contributed by atoms with Gasteiger partial charge in [0.1, 0.15) is 11.8 Å². The van der Waals surface area contributed by atoms with Crippen LogP contribution in [0.4, 0.5) is 4.79 Å². The Kier molecular flexibility index (Phi) is 4.77. The molecule has 0 bridgehead atoms. The molecule has 6 heteroatoms. The fourth-order valence-electron chi connectivity index (χ4n) is 2.88. The number of ether oxygens (including phenoxy) is 1. The number of benzene rings is 2. The number of carbonyl (C=O) groups excluding carboxylic acids is 2. The second-order valence-electron chi connectivity index (χ2n) is 5.59. The van der Waals surface area contributed by atoms with Crippen molar-refractivity contribution in [2.45, 2.75) is 18.5 Å². The molecule has 1 aliphatic heterocycles. The summed E-state index contributed by atoms with van der Waals surface area (Å²) in [6.45, 7) is 0.563. The van der Waals surface area contributed by atoms with Gasteiger partial charge in [0.15, 0.2) is 0 Å². The highest BCUT2D eigenvalue weighted by Gasteiger charge is 2.28. The third-order valence-corrected chi connectivity index (χ3v) is 3.97. The third-order valence-electron chi connectivity index (χ3n) is 3.97. The van der Waals surface area contributed by atoms with Crippen LogP contribution < -0.4 is 21.1 Å². The molecule has 3 amide bonds. The standard InChI is InChI=1S/C18H19N3O3/c19-18(23)21-17(22)16(12-6-2-1-3-7-12)20-14-10-11-24-15-9-5-4-8-13(14)15/h1-9,14,16,20H,10-11H2,(H3,19,21,22,23)/t14-,16-/m1/s1. The third kappa shape index (κ3) is 3.55. The summed E-state index contributed by atoms with van der Waals surface area (Å²) in [6.07, 6.45) is 0.726. The Hall–Kier alpha value is -2.86. The Morgan fingerprint density at radius 3 is 2.54 bits per heavy atom. The van der Waals surface area contributed by atoms with Crippen molar-refractivity contribution in [3.63, 3.8) is 0 Å². The average Bonchev–Trinajstić information content (AvgIpc) is 2.60. The van der Waals surface area contributed by atoms with Gasteiger partial charge in [0, 0.05) is 18.0 Å². The summed E-state index contributed by atoms with van der Waals surface area (Å²) in [5.74, 6) is 0.334. The van der Waals surface area contributed by atoms with Gasteiger partial charge in [-0.2, -0.15) is 0 Å². The lowest BCUT2D eigenvalue weighted by molar-refractivity contribution is -0.122. The number of hydrogen-bond donors (Lipinski definition) is 3. The first-order chi connectivity index (χ1) is 11.6. The fraction of sp³-hybridized carbons (Fsp3) is 0.222. The first-order valence-electron chi connectivity index (χ1n) is 7.78. The van der Waals surface area contributed by atoms with Crippen molar-refractivity contribution in [2.24, 2.45) is 5.73 Å². The molecule has 0 saturated heterocycles. The van der Waals surface area contributed by atoms with Crippen molar-refractivity contribution in [1.82, 2.24) is 10.6 Å². The van der Waals surface area contributed by atoms with E-state index in [0.717, 1.165) is 23.3 Å². The fourth-order valence-corrected chi connectivity index (χ4v) is 2.88. The molecule has 2 aromatic rings. The molecule has 0 unspecified atom stereocenters. The molecule has 2 atom stereocenters. The van der Waals surface area contributed by atoms with Crippen molar-refractivity contribution in [3.05, 3.63) is 65.7 Å². The number of amides is 3. The summed E-state index contributed by atoms with van der Waals surface area (Å²) in [6, 6.07) is 15.4. The van der Waals surface area contributed by atoms with Gasteiger partial charge in [-0.25, -0.2) is 4.79 Å². The van der Waals surface area contributed by atoms with E-state index in [1.807, 2.05) is 54.6 Å². The largest absolute Gasteiger partial charge is 0.493 e. The monoisotopic (exact) mass is 325 g/mol. The minimum absolute atomic E-state index is 0.0567. The molecule has 124 valence electrons. The number of fused-ring (bicyclic) bond motifs is 1. The van der Waals surface area contributed by atoms with Gasteiger partial charge in [-0.3, -0.25) is 15.4 Å². The number of imide groups is 1. The van der Waals surface area contributed by atoms with Crippen LogP contribution in [0.3, 0.4) is 0 Å². The topological polar surface area (TPSA) is 93.5 Å². The van der Waals surface area contributed by atoms with E-state index in [0.29, 0.717) is 6.61 Å². The molecule has 3 rings (SSSR count). The molecule has 2 aromatic carbocycles. The van der Waals surface area contributed by atoms with Gasteiger partial charge in [0.2, 0.25) is 5.91 Å². The van der Waals surface area contributed by atoms with Crippen LogP contribution in [0.25, 0.3) is 0 Å². The number of carbonyl (C=O) groups is 2. The van der Waals surface area contributed by atoms with Crippen LogP contribution in [-0.2, 0) is 4.79 Å². The van der Waals surface area contributed by atoms with E-state index < -0.39 is 18.0 Å². The molecule has 0 aromatic heterocycles. The second-order valence-corrected chi connectivity index (χ2v) is 5.59. The molecule has 0 aliphatic carbocycles. The molecule has 0 radical (unpaired) electrons. The highest BCUT2D eigenvalue weighted by Crippen LogP contribution is 2.33. The Labute approximate surface area is 140 Å². The van der Waals surface area contributed by atoms with E-state index in [1.54, 1.807) is 0 Å². The second kappa shape index (κ2) is 7.14. The minimum Gasteiger partial charge on any atom is -0.493 e. The molecule has 0 spiro atoms. The number of hydrogen-bond acceptors (Lipinski definition) is 4. The van der Waals surface area contributed by atoms with Crippen LogP contribution in [0.15, 0.2) is 54.6 Å². The van der Waals surface area contributed by atoms with Crippen molar-refractivity contribution in [3.8, 4) is 5.75 Å². The summed E-state index contributed by atoms with van der Waals surface area (Å²) >= 11 is 0. The quantitative estimate of drug-likeness (QED) is 0.802. The van der Waals surface area contributed by atoms with E-state index in [-0.39, 0.29) is 6.04 Å². The SMILES string of the molecule is NC(=O)NC(=O)[C@H](N[C@@H]1CCOc2ccccc21)c1ccccc1. The van der Waals surface area contributed by atoms with Crippen LogP contribution in [0.5, 0.6) is 5.75 Å². The molecule has 0 fully saturated rings. The number of primary amides is 1. The van der Waals surface area contributed by atoms with Crippen LogP contribution >= 0.6 is 0 Å². The summed E-state index contributed by atoms with van der Waals surface area (Å²) < 4.78 is 5.65. The average molecular weight is 325 g/mol. The van der Waals surface area contributed by atoms with Crippen LogP contribution in [0, 0.1) is 0 Å². The lowest BCUT2D eigenvalue weighted by Crippen LogP contribution is -2.44. The molecule has 1 aliphatic rings. The predicted molar refractivity (Wildman–Crippen MR) is 89.3 cm³/mol. The maximum Gasteiger partial charge on any atom is 0.318 e. The first-order valence-corrected chi connectivity index (χ1v) is 7.78. The number of para-hydroxylation sites is 1. The highest BCUT2D eigenvalue weighted by atomic mass is 16.5.